The average Bonchev–Trinajstić information content (AvgIpc) is 2.73. The van der Waals surface area contributed by atoms with Gasteiger partial charge >= 0.3 is 0 Å². The van der Waals surface area contributed by atoms with Crippen LogP contribution in [-0.2, 0) is 0 Å². The Morgan fingerprint density at radius 1 is 0.929 bits per heavy atom. The number of rotatable bonds is 4. The van der Waals surface area contributed by atoms with E-state index >= 15 is 0 Å². The van der Waals surface area contributed by atoms with E-state index in [9.17, 15) is 9.18 Å². The molecule has 0 spiro atoms. The zero-order valence-corrected chi connectivity index (χ0v) is 15.2. The molecule has 1 aromatic heterocycles. The Kier molecular flexibility index (Phi) is 4.72. The molecule has 0 N–H and O–H groups in total. The van der Waals surface area contributed by atoms with Gasteiger partial charge in [0.25, 0.3) is 5.56 Å². The van der Waals surface area contributed by atoms with Crippen molar-refractivity contribution in [1.29, 1.82) is 0 Å². The molecule has 0 fully saturated rings. The van der Waals surface area contributed by atoms with Crippen molar-refractivity contribution >= 4 is 23.1 Å². The average molecular weight is 372 g/mol. The fraction of sp³-hybridized carbons (Fsp3) is 0.0435. The van der Waals surface area contributed by atoms with E-state index in [1.54, 1.807) is 67.8 Å². The van der Waals surface area contributed by atoms with Crippen molar-refractivity contribution < 1.29 is 9.13 Å². The minimum atomic E-state index is -0.342. The van der Waals surface area contributed by atoms with Crippen LogP contribution in [0.25, 0.3) is 28.7 Å². The Labute approximate surface area is 161 Å². The molecule has 0 atom stereocenters. The fourth-order valence-corrected chi connectivity index (χ4v) is 3.08. The minimum Gasteiger partial charge on any atom is -0.495 e. The smallest absolute Gasteiger partial charge is 0.266 e. The van der Waals surface area contributed by atoms with Crippen LogP contribution in [0.1, 0.15) is 11.4 Å². The van der Waals surface area contributed by atoms with Crippen LogP contribution in [-0.4, -0.2) is 16.7 Å². The van der Waals surface area contributed by atoms with Crippen molar-refractivity contribution in [3.05, 3.63) is 100 Å². The zero-order chi connectivity index (χ0) is 19.5. The van der Waals surface area contributed by atoms with Gasteiger partial charge in [0, 0.05) is 5.56 Å². The van der Waals surface area contributed by atoms with E-state index in [0.717, 1.165) is 0 Å². The Hall–Kier alpha value is -3.73. The van der Waals surface area contributed by atoms with Crippen LogP contribution < -0.4 is 10.3 Å². The number of ether oxygens (including phenoxy) is 1. The summed E-state index contributed by atoms with van der Waals surface area (Å²) >= 11 is 0. The standard InChI is InChI=1S/C23H17FN2O2/c1-28-21-13-7-6-12-20(21)26-22(15-14-16-8-2-4-10-18(16)24)25-19-11-5-3-9-17(19)23(26)27/h2-15H,1H3. The molecule has 28 heavy (non-hydrogen) atoms. The molecule has 0 bridgehead atoms. The Morgan fingerprint density at radius 2 is 1.64 bits per heavy atom. The summed E-state index contributed by atoms with van der Waals surface area (Å²) in [5, 5.41) is 0.497. The van der Waals surface area contributed by atoms with Gasteiger partial charge in [-0.1, -0.05) is 42.5 Å². The van der Waals surface area contributed by atoms with Gasteiger partial charge in [0.1, 0.15) is 17.4 Å². The normalized spacial score (nSPS) is 11.2. The summed E-state index contributed by atoms with van der Waals surface area (Å²) < 4.78 is 20.9. The van der Waals surface area contributed by atoms with E-state index in [1.807, 2.05) is 18.2 Å². The highest BCUT2D eigenvalue weighted by Gasteiger charge is 2.14. The molecule has 5 heteroatoms. The Bertz CT molecular complexity index is 1240. The first kappa shape index (κ1) is 17.7. The number of halogens is 1. The van der Waals surface area contributed by atoms with Crippen LogP contribution in [0.15, 0.2) is 77.6 Å². The number of methoxy groups -OCH3 is 1. The predicted octanol–water partition coefficient (Wildman–Crippen LogP) is 4.70. The lowest BCUT2D eigenvalue weighted by atomic mass is 10.2. The van der Waals surface area contributed by atoms with E-state index in [0.29, 0.717) is 33.7 Å². The molecule has 4 rings (SSSR count). The largest absolute Gasteiger partial charge is 0.495 e. The minimum absolute atomic E-state index is 0.219. The van der Waals surface area contributed by atoms with Crippen LogP contribution in [0.2, 0.25) is 0 Å². The Morgan fingerprint density at radius 3 is 2.46 bits per heavy atom. The van der Waals surface area contributed by atoms with Crippen molar-refractivity contribution in [3.63, 3.8) is 0 Å². The number of hydrogen-bond donors (Lipinski definition) is 0. The van der Waals surface area contributed by atoms with Crippen molar-refractivity contribution in [2.24, 2.45) is 0 Å². The monoisotopic (exact) mass is 372 g/mol. The van der Waals surface area contributed by atoms with Gasteiger partial charge in [-0.15, -0.1) is 0 Å². The molecule has 1 heterocycles. The summed E-state index contributed by atoms with van der Waals surface area (Å²) in [5.41, 5.74) is 1.34. The molecular weight excluding hydrogens is 355 g/mol. The number of nitrogens with zero attached hydrogens (tertiary/aromatic N) is 2. The topological polar surface area (TPSA) is 44.1 Å². The lowest BCUT2D eigenvalue weighted by Gasteiger charge is -2.14. The fourth-order valence-electron chi connectivity index (χ4n) is 3.08. The predicted molar refractivity (Wildman–Crippen MR) is 109 cm³/mol. The summed E-state index contributed by atoms with van der Waals surface area (Å²) in [7, 11) is 1.55. The van der Waals surface area contributed by atoms with E-state index in [-0.39, 0.29) is 11.4 Å². The maximum atomic E-state index is 14.0. The second-order valence-corrected chi connectivity index (χ2v) is 6.15. The molecule has 0 aliphatic carbocycles. The van der Waals surface area contributed by atoms with E-state index in [4.69, 9.17) is 4.74 Å². The molecule has 3 aromatic carbocycles. The highest BCUT2D eigenvalue weighted by atomic mass is 19.1. The first-order chi connectivity index (χ1) is 13.7. The summed E-state index contributed by atoms with van der Waals surface area (Å²) in [4.78, 5) is 17.9. The van der Waals surface area contributed by atoms with Gasteiger partial charge in [-0.2, -0.15) is 0 Å². The van der Waals surface area contributed by atoms with Gasteiger partial charge in [-0.05, 0) is 42.5 Å². The molecule has 4 aromatic rings. The molecule has 0 saturated heterocycles. The SMILES string of the molecule is COc1ccccc1-n1c(C=Cc2ccccc2F)nc2ccccc2c1=O. The second kappa shape index (κ2) is 7.48. The van der Waals surface area contributed by atoms with Crippen molar-refractivity contribution in [2.75, 3.05) is 7.11 Å². The van der Waals surface area contributed by atoms with Crippen LogP contribution in [0.4, 0.5) is 4.39 Å². The van der Waals surface area contributed by atoms with Gasteiger partial charge in [-0.25, -0.2) is 9.37 Å². The molecule has 0 unspecified atom stereocenters. The highest BCUT2D eigenvalue weighted by Crippen LogP contribution is 2.24. The molecule has 138 valence electrons. The van der Waals surface area contributed by atoms with E-state index in [2.05, 4.69) is 4.98 Å². The summed E-state index contributed by atoms with van der Waals surface area (Å²) in [6, 6.07) is 20.8. The zero-order valence-electron chi connectivity index (χ0n) is 15.2. The third kappa shape index (κ3) is 3.18. The maximum absolute atomic E-state index is 14.0. The summed E-state index contributed by atoms with van der Waals surface area (Å²) in [6.45, 7) is 0. The van der Waals surface area contributed by atoms with Crippen molar-refractivity contribution in [3.8, 4) is 11.4 Å². The van der Waals surface area contributed by atoms with Crippen molar-refractivity contribution in [2.45, 2.75) is 0 Å². The van der Waals surface area contributed by atoms with Crippen LogP contribution in [0.5, 0.6) is 5.75 Å². The number of benzene rings is 3. The molecule has 4 nitrogen and oxygen atoms in total. The number of para-hydroxylation sites is 3. The third-order valence-corrected chi connectivity index (χ3v) is 4.44. The molecule has 0 aliphatic heterocycles. The number of fused-ring (bicyclic) bond motifs is 1. The van der Waals surface area contributed by atoms with Crippen LogP contribution >= 0.6 is 0 Å². The van der Waals surface area contributed by atoms with E-state index < -0.39 is 0 Å². The lowest BCUT2D eigenvalue weighted by molar-refractivity contribution is 0.412. The van der Waals surface area contributed by atoms with Gasteiger partial charge in [0.2, 0.25) is 0 Å². The summed E-state index contributed by atoms with van der Waals surface area (Å²) in [6.07, 6.45) is 3.25. The Balaban J connectivity index is 1.99. The molecule has 0 amide bonds. The van der Waals surface area contributed by atoms with Gasteiger partial charge < -0.3 is 4.74 Å². The third-order valence-electron chi connectivity index (χ3n) is 4.44. The molecular formula is C23H17FN2O2. The highest BCUT2D eigenvalue weighted by molar-refractivity contribution is 5.80. The first-order valence-corrected chi connectivity index (χ1v) is 8.77. The van der Waals surface area contributed by atoms with Crippen LogP contribution in [0, 0.1) is 5.82 Å². The summed E-state index contributed by atoms with van der Waals surface area (Å²) in [5.74, 6) is 0.587. The second-order valence-electron chi connectivity index (χ2n) is 6.15. The maximum Gasteiger partial charge on any atom is 0.266 e. The van der Waals surface area contributed by atoms with Crippen LogP contribution in [0.3, 0.4) is 0 Å². The quantitative estimate of drug-likeness (QED) is 0.521. The first-order valence-electron chi connectivity index (χ1n) is 8.77. The van der Waals surface area contributed by atoms with Gasteiger partial charge in [0.15, 0.2) is 0 Å². The molecule has 0 saturated carbocycles. The lowest BCUT2D eigenvalue weighted by Crippen LogP contribution is -2.22. The molecule has 0 aliphatic rings. The van der Waals surface area contributed by atoms with Crippen molar-refractivity contribution in [1.82, 2.24) is 9.55 Å². The van der Waals surface area contributed by atoms with Gasteiger partial charge in [0.05, 0.1) is 23.7 Å². The number of hydrogen-bond acceptors (Lipinski definition) is 3. The number of aromatic nitrogens is 2. The molecule has 0 radical (unpaired) electrons. The van der Waals surface area contributed by atoms with Gasteiger partial charge in [-0.3, -0.25) is 9.36 Å². The van der Waals surface area contributed by atoms with E-state index in [1.165, 1.54) is 10.6 Å².